The van der Waals surface area contributed by atoms with Crippen LogP contribution in [0.3, 0.4) is 0 Å². The Hall–Kier alpha value is -0.900. The van der Waals surface area contributed by atoms with E-state index in [0.717, 1.165) is 5.56 Å². The van der Waals surface area contributed by atoms with E-state index in [9.17, 15) is 9.18 Å². The predicted octanol–water partition coefficient (Wildman–Crippen LogP) is 2.25. The van der Waals surface area contributed by atoms with E-state index in [1.807, 2.05) is 0 Å². The van der Waals surface area contributed by atoms with E-state index in [0.29, 0.717) is 10.2 Å². The third-order valence-corrected chi connectivity index (χ3v) is 2.53. The first-order chi connectivity index (χ1) is 6.18. The number of benzene rings is 1. The summed E-state index contributed by atoms with van der Waals surface area (Å²) in [6, 6.07) is 5.29. The zero-order valence-electron chi connectivity index (χ0n) is 6.59. The summed E-state index contributed by atoms with van der Waals surface area (Å²) < 4.78 is 18.4. The molecule has 2 rings (SSSR count). The van der Waals surface area contributed by atoms with Gasteiger partial charge in [-0.05, 0) is 27.6 Å². The van der Waals surface area contributed by atoms with E-state index >= 15 is 0 Å². The van der Waals surface area contributed by atoms with Crippen LogP contribution in [0.2, 0.25) is 0 Å². The Morgan fingerprint density at radius 3 is 3.08 bits per heavy atom. The number of hydrogen-bond donors (Lipinski definition) is 0. The van der Waals surface area contributed by atoms with Gasteiger partial charge in [-0.15, -0.1) is 0 Å². The number of carbonyl (C=O) groups excluding carboxylic acids is 1. The van der Waals surface area contributed by atoms with Gasteiger partial charge >= 0.3 is 5.97 Å². The molecular formula is C9H6BrFO2. The fourth-order valence-corrected chi connectivity index (χ4v) is 1.76. The molecule has 2 nitrogen and oxygen atoms in total. The highest BCUT2D eigenvalue weighted by atomic mass is 79.9. The van der Waals surface area contributed by atoms with E-state index in [-0.39, 0.29) is 6.42 Å². The number of ether oxygens (including phenoxy) is 1. The molecule has 1 aromatic rings. The average Bonchev–Trinajstić information content (AvgIpc) is 2.09. The normalized spacial score (nSPS) is 20.8. The molecule has 0 N–H and O–H groups in total. The first-order valence-corrected chi connectivity index (χ1v) is 4.61. The smallest absolute Gasteiger partial charge is 0.346 e. The summed E-state index contributed by atoms with van der Waals surface area (Å²) in [5.41, 5.74) is 0.724. The van der Waals surface area contributed by atoms with Crippen molar-refractivity contribution in [3.8, 4) is 5.75 Å². The van der Waals surface area contributed by atoms with Crippen molar-refractivity contribution in [3.05, 3.63) is 28.2 Å². The quantitative estimate of drug-likeness (QED) is 0.517. The van der Waals surface area contributed by atoms with Gasteiger partial charge in [0.1, 0.15) is 5.75 Å². The van der Waals surface area contributed by atoms with Crippen molar-refractivity contribution in [2.75, 3.05) is 0 Å². The molecule has 1 heterocycles. The van der Waals surface area contributed by atoms with Crippen molar-refractivity contribution in [3.63, 3.8) is 0 Å². The number of fused-ring (bicyclic) bond motifs is 1. The van der Waals surface area contributed by atoms with Crippen LogP contribution in [0, 0.1) is 0 Å². The Balaban J connectivity index is 2.48. The van der Waals surface area contributed by atoms with Gasteiger partial charge in [-0.2, -0.15) is 0 Å². The lowest BCUT2D eigenvalue weighted by Gasteiger charge is -2.18. The van der Waals surface area contributed by atoms with Gasteiger partial charge in [-0.1, -0.05) is 12.1 Å². The average molecular weight is 245 g/mol. The standard InChI is InChI=1S/C9H6BrFO2/c10-6-3-1-2-5-4-7(11)9(12)13-8(5)6/h1-3,7H,4H2/t7-/m0/s1. The number of para-hydroxylation sites is 1. The molecule has 0 unspecified atom stereocenters. The van der Waals surface area contributed by atoms with Crippen LogP contribution in [0.4, 0.5) is 4.39 Å². The third kappa shape index (κ3) is 1.46. The molecule has 0 fully saturated rings. The lowest BCUT2D eigenvalue weighted by Crippen LogP contribution is -2.29. The fourth-order valence-electron chi connectivity index (χ4n) is 1.27. The van der Waals surface area contributed by atoms with Crippen LogP contribution in [-0.4, -0.2) is 12.1 Å². The maximum absolute atomic E-state index is 12.9. The molecule has 1 atom stereocenters. The predicted molar refractivity (Wildman–Crippen MR) is 48.4 cm³/mol. The third-order valence-electron chi connectivity index (χ3n) is 1.91. The highest BCUT2D eigenvalue weighted by Gasteiger charge is 2.28. The number of esters is 1. The summed E-state index contributed by atoms with van der Waals surface area (Å²) in [5.74, 6) is -0.360. The fraction of sp³-hybridized carbons (Fsp3) is 0.222. The molecule has 0 aromatic heterocycles. The minimum Gasteiger partial charge on any atom is -0.423 e. The summed E-state index contributed by atoms with van der Waals surface area (Å²) in [4.78, 5) is 10.9. The maximum atomic E-state index is 12.9. The molecule has 0 spiro atoms. The van der Waals surface area contributed by atoms with Gasteiger partial charge < -0.3 is 4.74 Å². The lowest BCUT2D eigenvalue weighted by atomic mass is 10.1. The molecule has 0 amide bonds. The molecule has 0 bridgehead atoms. The first kappa shape index (κ1) is 8.69. The highest BCUT2D eigenvalue weighted by Crippen LogP contribution is 2.33. The zero-order chi connectivity index (χ0) is 9.42. The molecular weight excluding hydrogens is 239 g/mol. The summed E-state index contributed by atoms with van der Waals surface area (Å²) in [5, 5.41) is 0. The van der Waals surface area contributed by atoms with Crippen LogP contribution >= 0.6 is 15.9 Å². The second-order valence-corrected chi connectivity index (χ2v) is 3.68. The second-order valence-electron chi connectivity index (χ2n) is 2.82. The molecule has 0 aliphatic carbocycles. The van der Waals surface area contributed by atoms with Crippen LogP contribution in [0.5, 0.6) is 5.75 Å². The Morgan fingerprint density at radius 1 is 1.54 bits per heavy atom. The summed E-state index contributed by atoms with van der Waals surface area (Å²) in [7, 11) is 0. The molecule has 13 heavy (non-hydrogen) atoms. The van der Waals surface area contributed by atoms with Crippen LogP contribution in [0.15, 0.2) is 22.7 Å². The van der Waals surface area contributed by atoms with Crippen molar-refractivity contribution in [2.45, 2.75) is 12.6 Å². The van der Waals surface area contributed by atoms with Crippen LogP contribution in [0.1, 0.15) is 5.56 Å². The van der Waals surface area contributed by atoms with E-state index in [4.69, 9.17) is 4.74 Å². The number of rotatable bonds is 0. The Labute approximate surface area is 82.8 Å². The van der Waals surface area contributed by atoms with Crippen molar-refractivity contribution in [1.82, 2.24) is 0 Å². The number of carbonyl (C=O) groups is 1. The van der Waals surface area contributed by atoms with Crippen molar-refractivity contribution in [2.24, 2.45) is 0 Å². The molecule has 68 valence electrons. The van der Waals surface area contributed by atoms with Gasteiger partial charge in [0, 0.05) is 6.42 Å². The summed E-state index contributed by atoms with van der Waals surface area (Å²) >= 11 is 3.23. The Morgan fingerprint density at radius 2 is 2.31 bits per heavy atom. The minimum atomic E-state index is -1.53. The van der Waals surface area contributed by atoms with Gasteiger partial charge in [-0.25, -0.2) is 9.18 Å². The Kier molecular flexibility index (Phi) is 2.07. The van der Waals surface area contributed by atoms with Crippen LogP contribution in [-0.2, 0) is 11.2 Å². The second kappa shape index (κ2) is 3.10. The van der Waals surface area contributed by atoms with Gasteiger partial charge in [0.05, 0.1) is 4.47 Å². The number of halogens is 2. The van der Waals surface area contributed by atoms with E-state index in [1.54, 1.807) is 18.2 Å². The molecule has 0 saturated carbocycles. The summed E-state index contributed by atoms with van der Waals surface area (Å²) in [6.07, 6.45) is -1.42. The van der Waals surface area contributed by atoms with E-state index < -0.39 is 12.1 Å². The van der Waals surface area contributed by atoms with Gasteiger partial charge in [0.2, 0.25) is 6.17 Å². The largest absolute Gasteiger partial charge is 0.423 e. The molecule has 1 aliphatic heterocycles. The Bertz CT molecular complexity index is 365. The number of alkyl halides is 1. The van der Waals surface area contributed by atoms with Crippen molar-refractivity contribution in [1.29, 1.82) is 0 Å². The van der Waals surface area contributed by atoms with Gasteiger partial charge in [0.25, 0.3) is 0 Å². The molecule has 0 radical (unpaired) electrons. The highest BCUT2D eigenvalue weighted by molar-refractivity contribution is 9.10. The SMILES string of the molecule is O=C1Oc2c(Br)cccc2C[C@@H]1F. The van der Waals surface area contributed by atoms with Crippen molar-refractivity contribution >= 4 is 21.9 Å². The van der Waals surface area contributed by atoms with Crippen LogP contribution < -0.4 is 4.74 Å². The number of hydrogen-bond acceptors (Lipinski definition) is 2. The summed E-state index contributed by atoms with van der Waals surface area (Å²) in [6.45, 7) is 0. The molecule has 0 saturated heterocycles. The zero-order valence-corrected chi connectivity index (χ0v) is 8.17. The maximum Gasteiger partial charge on any atom is 0.346 e. The minimum absolute atomic E-state index is 0.105. The van der Waals surface area contributed by atoms with Gasteiger partial charge in [0.15, 0.2) is 0 Å². The van der Waals surface area contributed by atoms with E-state index in [1.165, 1.54) is 0 Å². The van der Waals surface area contributed by atoms with E-state index in [2.05, 4.69) is 15.9 Å². The molecule has 1 aromatic carbocycles. The topological polar surface area (TPSA) is 26.3 Å². The first-order valence-electron chi connectivity index (χ1n) is 3.81. The molecule has 1 aliphatic rings. The van der Waals surface area contributed by atoms with Crippen molar-refractivity contribution < 1.29 is 13.9 Å². The lowest BCUT2D eigenvalue weighted by molar-refractivity contribution is -0.141. The molecule has 4 heteroatoms. The van der Waals surface area contributed by atoms with Crippen LogP contribution in [0.25, 0.3) is 0 Å². The monoisotopic (exact) mass is 244 g/mol. The van der Waals surface area contributed by atoms with Gasteiger partial charge in [-0.3, -0.25) is 0 Å².